The van der Waals surface area contributed by atoms with Crippen LogP contribution in [-0.2, 0) is 6.54 Å². The molecule has 0 bridgehead atoms. The van der Waals surface area contributed by atoms with Crippen LogP contribution >= 0.6 is 0 Å². The Morgan fingerprint density at radius 3 is 2.47 bits per heavy atom. The molecule has 0 saturated carbocycles. The first-order valence-electron chi connectivity index (χ1n) is 12.5. The van der Waals surface area contributed by atoms with E-state index in [2.05, 4.69) is 51.8 Å². The summed E-state index contributed by atoms with van der Waals surface area (Å²) in [6.45, 7) is 13.8. The summed E-state index contributed by atoms with van der Waals surface area (Å²) >= 11 is 0. The fourth-order valence-electron chi connectivity index (χ4n) is 4.58. The Morgan fingerprint density at radius 2 is 1.83 bits per heavy atom. The van der Waals surface area contributed by atoms with Crippen molar-refractivity contribution >= 4 is 17.4 Å². The van der Waals surface area contributed by atoms with E-state index in [1.807, 2.05) is 45.2 Å². The number of aryl methyl sites for hydroxylation is 2. The van der Waals surface area contributed by atoms with Crippen LogP contribution in [-0.4, -0.2) is 48.1 Å². The van der Waals surface area contributed by atoms with Crippen LogP contribution in [0.4, 0.5) is 11.5 Å². The summed E-state index contributed by atoms with van der Waals surface area (Å²) in [4.78, 5) is 35.5. The summed E-state index contributed by atoms with van der Waals surface area (Å²) < 4.78 is 0. The number of carbonyl (C=O) groups excluding carboxylic acids is 1. The maximum atomic E-state index is 13.3. The molecule has 1 aliphatic rings. The lowest BCUT2D eigenvalue weighted by Gasteiger charge is -2.28. The molecule has 0 radical (unpaired) electrons. The smallest absolute Gasteiger partial charge is 0.253 e. The normalized spacial score (nSPS) is 13.7. The number of aromatic amines is 1. The first-order valence-corrected chi connectivity index (χ1v) is 12.5. The number of aromatic nitrogens is 2. The van der Waals surface area contributed by atoms with Crippen molar-refractivity contribution in [1.29, 1.82) is 0 Å². The molecule has 3 heterocycles. The van der Waals surface area contributed by atoms with E-state index < -0.39 is 0 Å². The van der Waals surface area contributed by atoms with Crippen LogP contribution in [0.1, 0.15) is 46.6 Å². The van der Waals surface area contributed by atoms with E-state index in [1.54, 1.807) is 0 Å². The molecular formula is C28H36N6O2. The zero-order chi connectivity index (χ0) is 25.8. The Morgan fingerprint density at radius 1 is 1.08 bits per heavy atom. The van der Waals surface area contributed by atoms with Crippen LogP contribution in [0.5, 0.6) is 0 Å². The van der Waals surface area contributed by atoms with Crippen molar-refractivity contribution in [2.75, 3.05) is 36.4 Å². The van der Waals surface area contributed by atoms with Gasteiger partial charge < -0.3 is 25.8 Å². The summed E-state index contributed by atoms with van der Waals surface area (Å²) in [6.07, 6.45) is 1.87. The van der Waals surface area contributed by atoms with Crippen molar-refractivity contribution < 1.29 is 4.79 Å². The maximum Gasteiger partial charge on any atom is 0.253 e. The van der Waals surface area contributed by atoms with Gasteiger partial charge in [0.15, 0.2) is 0 Å². The van der Waals surface area contributed by atoms with Crippen molar-refractivity contribution in [2.24, 2.45) is 0 Å². The van der Waals surface area contributed by atoms with Gasteiger partial charge in [0, 0.05) is 73.0 Å². The highest BCUT2D eigenvalue weighted by Crippen LogP contribution is 2.30. The number of nitrogens with zero attached hydrogens (tertiary/aromatic N) is 2. The highest BCUT2D eigenvalue weighted by molar-refractivity contribution is 5.98. The molecule has 1 amide bonds. The Kier molecular flexibility index (Phi) is 7.74. The van der Waals surface area contributed by atoms with Crippen molar-refractivity contribution in [3.8, 4) is 11.1 Å². The third-order valence-corrected chi connectivity index (χ3v) is 6.54. The summed E-state index contributed by atoms with van der Waals surface area (Å²) in [7, 11) is 0. The SMILES string of the molecule is Cc1cc(C)c(CNC(=O)c2cc(-c3ccc(N4CCNCC4)nc3)cc(NC(C)C)c2C)c(=O)[nH]1. The van der Waals surface area contributed by atoms with Gasteiger partial charge in [-0.2, -0.15) is 0 Å². The Hall–Kier alpha value is -3.65. The Labute approximate surface area is 212 Å². The molecule has 3 aromatic rings. The fourth-order valence-corrected chi connectivity index (χ4v) is 4.58. The molecule has 0 spiro atoms. The zero-order valence-electron chi connectivity index (χ0n) is 21.8. The van der Waals surface area contributed by atoms with Crippen molar-refractivity contribution in [3.63, 3.8) is 0 Å². The van der Waals surface area contributed by atoms with Gasteiger partial charge in [0.05, 0.1) is 0 Å². The fraction of sp³-hybridized carbons (Fsp3) is 0.393. The van der Waals surface area contributed by atoms with E-state index >= 15 is 0 Å². The number of piperazine rings is 1. The van der Waals surface area contributed by atoms with E-state index in [0.29, 0.717) is 11.1 Å². The van der Waals surface area contributed by atoms with Crippen LogP contribution in [0.3, 0.4) is 0 Å². The minimum Gasteiger partial charge on any atom is -0.383 e. The molecular weight excluding hydrogens is 452 g/mol. The molecule has 1 saturated heterocycles. The molecule has 1 aliphatic heterocycles. The molecule has 4 rings (SSSR count). The average Bonchev–Trinajstić information content (AvgIpc) is 2.85. The zero-order valence-corrected chi connectivity index (χ0v) is 21.8. The molecule has 8 nitrogen and oxygen atoms in total. The second-order valence-electron chi connectivity index (χ2n) is 9.76. The van der Waals surface area contributed by atoms with Crippen molar-refractivity contribution in [1.82, 2.24) is 20.6 Å². The summed E-state index contributed by atoms with van der Waals surface area (Å²) in [5.74, 6) is 0.746. The number of amides is 1. The number of anilines is 2. The second kappa shape index (κ2) is 11.0. The van der Waals surface area contributed by atoms with Gasteiger partial charge in [-0.1, -0.05) is 0 Å². The molecule has 36 heavy (non-hydrogen) atoms. The quantitative estimate of drug-likeness (QED) is 0.406. The summed E-state index contributed by atoms with van der Waals surface area (Å²) in [5, 5.41) is 9.78. The molecule has 4 N–H and O–H groups in total. The summed E-state index contributed by atoms with van der Waals surface area (Å²) in [6, 6.07) is 10.2. The van der Waals surface area contributed by atoms with Gasteiger partial charge >= 0.3 is 0 Å². The topological polar surface area (TPSA) is 102 Å². The number of benzene rings is 1. The van der Waals surface area contributed by atoms with Gasteiger partial charge in [-0.05, 0) is 81.6 Å². The number of rotatable bonds is 7. The first kappa shape index (κ1) is 25.4. The lowest BCUT2D eigenvalue weighted by Crippen LogP contribution is -2.43. The van der Waals surface area contributed by atoms with Crippen LogP contribution in [0.15, 0.2) is 41.3 Å². The van der Waals surface area contributed by atoms with Crippen LogP contribution in [0.2, 0.25) is 0 Å². The van der Waals surface area contributed by atoms with E-state index in [-0.39, 0.29) is 24.1 Å². The molecule has 190 valence electrons. The maximum absolute atomic E-state index is 13.3. The standard InChI is InChI=1S/C28H36N6O2/c1-17(2)32-25-14-22(21-6-7-26(30-15-21)34-10-8-29-9-11-34)13-23(20(25)5)27(35)31-16-24-18(3)12-19(4)33-28(24)36/h6-7,12-15,17,29,32H,8-11,16H2,1-5H3,(H,31,35)(H,33,36). The van der Waals surface area contributed by atoms with Gasteiger partial charge in [0.1, 0.15) is 5.82 Å². The van der Waals surface area contributed by atoms with Gasteiger partial charge in [-0.3, -0.25) is 9.59 Å². The predicted molar refractivity (Wildman–Crippen MR) is 146 cm³/mol. The van der Waals surface area contributed by atoms with Gasteiger partial charge in [0.2, 0.25) is 0 Å². The first-order chi connectivity index (χ1) is 17.2. The van der Waals surface area contributed by atoms with Crippen molar-refractivity contribution in [2.45, 2.75) is 47.2 Å². The highest BCUT2D eigenvalue weighted by atomic mass is 16.1. The van der Waals surface area contributed by atoms with E-state index in [4.69, 9.17) is 4.98 Å². The monoisotopic (exact) mass is 488 g/mol. The highest BCUT2D eigenvalue weighted by Gasteiger charge is 2.17. The predicted octanol–water partition coefficient (Wildman–Crippen LogP) is 3.52. The van der Waals surface area contributed by atoms with Crippen LogP contribution in [0, 0.1) is 20.8 Å². The molecule has 0 atom stereocenters. The third kappa shape index (κ3) is 5.76. The lowest BCUT2D eigenvalue weighted by atomic mass is 9.97. The van der Waals surface area contributed by atoms with Crippen LogP contribution in [0.25, 0.3) is 11.1 Å². The third-order valence-electron chi connectivity index (χ3n) is 6.54. The van der Waals surface area contributed by atoms with Crippen molar-refractivity contribution in [3.05, 3.63) is 74.8 Å². The summed E-state index contributed by atoms with van der Waals surface area (Å²) in [5.41, 5.74) is 6.26. The Bertz CT molecular complexity index is 1290. The van der Waals surface area contributed by atoms with Crippen LogP contribution < -0.4 is 26.4 Å². The molecule has 8 heteroatoms. The molecule has 2 aromatic heterocycles. The molecule has 1 fully saturated rings. The number of pyridine rings is 2. The largest absolute Gasteiger partial charge is 0.383 e. The van der Waals surface area contributed by atoms with Gasteiger partial charge in [-0.15, -0.1) is 0 Å². The van der Waals surface area contributed by atoms with Gasteiger partial charge in [-0.25, -0.2) is 4.98 Å². The average molecular weight is 489 g/mol. The number of hydrogen-bond donors (Lipinski definition) is 4. The molecule has 0 unspecified atom stereocenters. The number of nitrogens with one attached hydrogen (secondary N) is 4. The number of carbonyl (C=O) groups is 1. The minimum atomic E-state index is -0.217. The van der Waals surface area contributed by atoms with E-state index in [0.717, 1.165) is 65.6 Å². The Balaban J connectivity index is 1.63. The number of hydrogen-bond acceptors (Lipinski definition) is 6. The lowest BCUT2D eigenvalue weighted by molar-refractivity contribution is 0.0950. The number of H-pyrrole nitrogens is 1. The van der Waals surface area contributed by atoms with Gasteiger partial charge in [0.25, 0.3) is 11.5 Å². The minimum absolute atomic E-state index is 0.165. The van der Waals surface area contributed by atoms with E-state index in [9.17, 15) is 9.59 Å². The second-order valence-corrected chi connectivity index (χ2v) is 9.76. The van der Waals surface area contributed by atoms with E-state index in [1.165, 1.54) is 0 Å². The molecule has 1 aromatic carbocycles. The molecule has 0 aliphatic carbocycles.